The van der Waals surface area contributed by atoms with Gasteiger partial charge in [0.05, 0.1) is 17.4 Å². The van der Waals surface area contributed by atoms with Gasteiger partial charge in [-0.25, -0.2) is 8.78 Å². The van der Waals surface area contributed by atoms with Crippen LogP contribution in [0.5, 0.6) is 0 Å². The molecule has 0 aliphatic heterocycles. The van der Waals surface area contributed by atoms with E-state index in [-0.39, 0.29) is 11.3 Å². The predicted octanol–water partition coefficient (Wildman–Crippen LogP) is 4.44. The van der Waals surface area contributed by atoms with E-state index in [1.165, 1.54) is 24.3 Å². The Kier molecular flexibility index (Phi) is 4.18. The summed E-state index contributed by atoms with van der Waals surface area (Å²) in [4.78, 5) is 0.816. The molecule has 0 atom stereocenters. The zero-order valence-corrected chi connectivity index (χ0v) is 10.8. The molecule has 0 amide bonds. The van der Waals surface area contributed by atoms with E-state index in [2.05, 4.69) is 0 Å². The van der Waals surface area contributed by atoms with Gasteiger partial charge in [-0.2, -0.15) is 5.26 Å². The second-order valence-electron chi connectivity index (χ2n) is 4.00. The molecule has 0 spiro atoms. The second kappa shape index (κ2) is 5.85. The molecule has 1 nitrogen and oxygen atoms in total. The Bertz CT molecular complexity index is 573. The number of halogens is 2. The lowest BCUT2D eigenvalue weighted by molar-refractivity contribution is 0.0232. The molecule has 0 radical (unpaired) electrons. The van der Waals surface area contributed by atoms with Crippen molar-refractivity contribution in [2.45, 2.75) is 10.8 Å². The maximum atomic E-state index is 14.0. The Hall–Kier alpha value is -1.86. The van der Waals surface area contributed by atoms with Gasteiger partial charge < -0.3 is 0 Å². The summed E-state index contributed by atoms with van der Waals surface area (Å²) in [5.41, 5.74) is 0.324. The summed E-state index contributed by atoms with van der Waals surface area (Å²) in [6, 6.07) is 16.5. The lowest BCUT2D eigenvalue weighted by Gasteiger charge is -2.16. The Morgan fingerprint density at radius 1 is 1.00 bits per heavy atom. The lowest BCUT2D eigenvalue weighted by Crippen LogP contribution is -2.16. The van der Waals surface area contributed by atoms with Crippen molar-refractivity contribution in [1.82, 2.24) is 0 Å². The van der Waals surface area contributed by atoms with Crippen LogP contribution in [0.15, 0.2) is 59.5 Å². The smallest absolute Gasteiger partial charge is 0.200 e. The van der Waals surface area contributed by atoms with Crippen LogP contribution in [-0.2, 0) is 5.92 Å². The molecule has 0 fully saturated rings. The third kappa shape index (κ3) is 3.55. The summed E-state index contributed by atoms with van der Waals surface area (Å²) < 4.78 is 27.9. The van der Waals surface area contributed by atoms with Crippen LogP contribution in [0.25, 0.3) is 0 Å². The summed E-state index contributed by atoms with van der Waals surface area (Å²) in [6.07, 6.45) is 0. The monoisotopic (exact) mass is 275 g/mol. The number of nitriles is 1. The van der Waals surface area contributed by atoms with Crippen molar-refractivity contribution in [3.63, 3.8) is 0 Å². The van der Waals surface area contributed by atoms with Crippen molar-refractivity contribution in [3.8, 4) is 6.07 Å². The highest BCUT2D eigenvalue weighted by molar-refractivity contribution is 7.99. The lowest BCUT2D eigenvalue weighted by atomic mass is 10.1. The van der Waals surface area contributed by atoms with Gasteiger partial charge in [-0.3, -0.25) is 0 Å². The van der Waals surface area contributed by atoms with Crippen LogP contribution in [0.4, 0.5) is 8.78 Å². The Morgan fingerprint density at radius 2 is 1.63 bits per heavy atom. The maximum Gasteiger partial charge on any atom is 0.282 e. The highest BCUT2D eigenvalue weighted by atomic mass is 32.2. The number of thioether (sulfide) groups is 1. The minimum Gasteiger partial charge on any atom is -0.200 e. The van der Waals surface area contributed by atoms with Crippen LogP contribution in [-0.4, -0.2) is 5.75 Å². The average Bonchev–Trinajstić information content (AvgIpc) is 2.46. The van der Waals surface area contributed by atoms with Crippen molar-refractivity contribution in [2.24, 2.45) is 0 Å². The molecule has 96 valence electrons. The topological polar surface area (TPSA) is 23.8 Å². The third-order valence-electron chi connectivity index (χ3n) is 2.60. The third-order valence-corrected chi connectivity index (χ3v) is 3.71. The summed E-state index contributed by atoms with van der Waals surface area (Å²) in [7, 11) is 0. The fraction of sp³-hybridized carbons (Fsp3) is 0.133. The SMILES string of the molecule is N#Cc1ccc(C(F)(F)CSc2ccccc2)cc1. The van der Waals surface area contributed by atoms with E-state index < -0.39 is 5.92 Å². The summed E-state index contributed by atoms with van der Waals surface area (Å²) >= 11 is 1.12. The molecule has 0 unspecified atom stereocenters. The zero-order valence-electron chi connectivity index (χ0n) is 10.0. The first kappa shape index (κ1) is 13.6. The quantitative estimate of drug-likeness (QED) is 0.770. The molecule has 4 heteroatoms. The van der Waals surface area contributed by atoms with E-state index in [0.717, 1.165) is 16.7 Å². The first-order chi connectivity index (χ1) is 9.12. The summed E-state index contributed by atoms with van der Waals surface area (Å²) in [6.45, 7) is 0. The highest BCUT2D eigenvalue weighted by Gasteiger charge is 2.31. The Morgan fingerprint density at radius 3 is 2.21 bits per heavy atom. The van der Waals surface area contributed by atoms with E-state index in [4.69, 9.17) is 5.26 Å². The molecule has 0 saturated carbocycles. The minimum absolute atomic E-state index is 0.0602. The second-order valence-corrected chi connectivity index (χ2v) is 5.04. The van der Waals surface area contributed by atoms with Crippen LogP contribution in [0.2, 0.25) is 0 Å². The van der Waals surface area contributed by atoms with Crippen LogP contribution < -0.4 is 0 Å². The fourth-order valence-corrected chi connectivity index (χ4v) is 2.43. The van der Waals surface area contributed by atoms with E-state index in [1.54, 1.807) is 12.1 Å². The van der Waals surface area contributed by atoms with E-state index in [0.29, 0.717) is 5.56 Å². The molecule has 0 saturated heterocycles. The number of nitrogens with zero attached hydrogens (tertiary/aromatic N) is 1. The van der Waals surface area contributed by atoms with E-state index >= 15 is 0 Å². The molecule has 2 aromatic rings. The average molecular weight is 275 g/mol. The molecule has 0 N–H and O–H groups in total. The molecular weight excluding hydrogens is 264 g/mol. The van der Waals surface area contributed by atoms with Gasteiger partial charge in [0.15, 0.2) is 0 Å². The molecule has 0 aliphatic rings. The standard InChI is InChI=1S/C15H11F2NS/c16-15(17,11-19-14-4-2-1-3-5-14)13-8-6-12(10-18)7-9-13/h1-9H,11H2. The summed E-state index contributed by atoms with van der Waals surface area (Å²) in [5.74, 6) is -3.22. The Labute approximate surface area is 114 Å². The van der Waals surface area contributed by atoms with Gasteiger partial charge in [-0.15, -0.1) is 11.8 Å². The number of rotatable bonds is 4. The van der Waals surface area contributed by atoms with Gasteiger partial charge in [0.2, 0.25) is 0 Å². The van der Waals surface area contributed by atoms with Gasteiger partial charge in [0.25, 0.3) is 5.92 Å². The molecule has 2 rings (SSSR count). The van der Waals surface area contributed by atoms with Gasteiger partial charge in [-0.05, 0) is 24.3 Å². The summed E-state index contributed by atoms with van der Waals surface area (Å²) in [5, 5.41) is 8.64. The molecule has 0 bridgehead atoms. The van der Waals surface area contributed by atoms with Crippen LogP contribution in [0.3, 0.4) is 0 Å². The number of benzene rings is 2. The van der Waals surface area contributed by atoms with Crippen molar-refractivity contribution >= 4 is 11.8 Å². The first-order valence-corrected chi connectivity index (χ1v) is 6.67. The van der Waals surface area contributed by atoms with Gasteiger partial charge >= 0.3 is 0 Å². The predicted molar refractivity (Wildman–Crippen MR) is 72.2 cm³/mol. The molecule has 2 aromatic carbocycles. The van der Waals surface area contributed by atoms with Crippen molar-refractivity contribution in [2.75, 3.05) is 5.75 Å². The van der Waals surface area contributed by atoms with E-state index in [1.807, 2.05) is 24.3 Å². The fourth-order valence-electron chi connectivity index (χ4n) is 1.56. The van der Waals surface area contributed by atoms with Crippen LogP contribution >= 0.6 is 11.8 Å². The number of hydrogen-bond acceptors (Lipinski definition) is 2. The molecule has 19 heavy (non-hydrogen) atoms. The van der Waals surface area contributed by atoms with Gasteiger partial charge in [-0.1, -0.05) is 30.3 Å². The van der Waals surface area contributed by atoms with Crippen LogP contribution in [0.1, 0.15) is 11.1 Å². The van der Waals surface area contributed by atoms with Crippen LogP contribution in [0, 0.1) is 11.3 Å². The van der Waals surface area contributed by atoms with Crippen molar-refractivity contribution < 1.29 is 8.78 Å². The number of alkyl halides is 2. The molecule has 0 aliphatic carbocycles. The van der Waals surface area contributed by atoms with Crippen molar-refractivity contribution in [3.05, 3.63) is 65.7 Å². The maximum absolute atomic E-state index is 14.0. The highest BCUT2D eigenvalue weighted by Crippen LogP contribution is 2.34. The molecule has 0 aromatic heterocycles. The van der Waals surface area contributed by atoms with Gasteiger partial charge in [0.1, 0.15) is 0 Å². The number of hydrogen-bond donors (Lipinski definition) is 0. The van der Waals surface area contributed by atoms with Gasteiger partial charge in [0, 0.05) is 10.5 Å². The zero-order chi connectivity index (χ0) is 13.7. The minimum atomic E-state index is -2.91. The normalized spacial score (nSPS) is 11.0. The first-order valence-electron chi connectivity index (χ1n) is 5.68. The molecular formula is C15H11F2NS. The van der Waals surface area contributed by atoms with E-state index in [9.17, 15) is 8.78 Å². The van der Waals surface area contributed by atoms with Crippen molar-refractivity contribution in [1.29, 1.82) is 5.26 Å². The Balaban J connectivity index is 2.07. The molecule has 0 heterocycles. The largest absolute Gasteiger partial charge is 0.282 e.